The van der Waals surface area contributed by atoms with Gasteiger partial charge in [0.1, 0.15) is 5.82 Å². The molecule has 0 bridgehead atoms. The van der Waals surface area contributed by atoms with Crippen LogP contribution in [0.4, 0.5) is 35.5 Å². The summed E-state index contributed by atoms with van der Waals surface area (Å²) in [4.78, 5) is 19.0. The van der Waals surface area contributed by atoms with Crippen molar-refractivity contribution in [3.05, 3.63) is 70.0 Å². The van der Waals surface area contributed by atoms with Crippen molar-refractivity contribution in [2.45, 2.75) is 76.4 Å². The van der Waals surface area contributed by atoms with E-state index in [0.29, 0.717) is 43.4 Å². The van der Waals surface area contributed by atoms with Gasteiger partial charge < -0.3 is 9.80 Å². The Morgan fingerprint density at radius 3 is 2.08 bits per heavy atom. The summed E-state index contributed by atoms with van der Waals surface area (Å²) in [5.41, 5.74) is -1.70. The summed E-state index contributed by atoms with van der Waals surface area (Å²) in [6.07, 6.45) is -4.43. The smallest absolute Gasteiger partial charge is 0.321 e. The fraction of sp³-hybridized carbons (Fsp3) is 0.552. The molecular weight excluding hydrogens is 539 g/mol. The van der Waals surface area contributed by atoms with Crippen molar-refractivity contribution in [2.24, 2.45) is 0 Å². The highest BCUT2D eigenvalue weighted by atomic mass is 19.4. The number of hydrogen-bond donors (Lipinski definition) is 0. The molecule has 0 spiro atoms. The number of halogens is 7. The number of nitrogens with zero attached hydrogens (tertiary/aromatic N) is 3. The molecule has 4 rings (SSSR count). The van der Waals surface area contributed by atoms with Crippen LogP contribution in [0.5, 0.6) is 0 Å². The van der Waals surface area contributed by atoms with E-state index in [1.807, 2.05) is 0 Å². The summed E-state index contributed by atoms with van der Waals surface area (Å²) in [6, 6.07) is 4.09. The maximum absolute atomic E-state index is 13.9. The molecule has 2 aliphatic rings. The van der Waals surface area contributed by atoms with Gasteiger partial charge in [0, 0.05) is 32.7 Å². The van der Waals surface area contributed by atoms with Gasteiger partial charge >= 0.3 is 18.4 Å². The van der Waals surface area contributed by atoms with Gasteiger partial charge in [0.2, 0.25) is 0 Å². The second-order valence-electron chi connectivity index (χ2n) is 10.9. The van der Waals surface area contributed by atoms with Gasteiger partial charge in [-0.05, 0) is 73.7 Å². The van der Waals surface area contributed by atoms with Gasteiger partial charge in [-0.1, -0.05) is 25.3 Å². The lowest BCUT2D eigenvalue weighted by atomic mass is 9.91. The maximum Gasteiger partial charge on any atom is 0.416 e. The van der Waals surface area contributed by atoms with E-state index in [4.69, 9.17) is 0 Å². The molecule has 2 aromatic rings. The van der Waals surface area contributed by atoms with Gasteiger partial charge in [-0.15, -0.1) is 0 Å². The third-order valence-corrected chi connectivity index (χ3v) is 8.31. The highest BCUT2D eigenvalue weighted by molar-refractivity contribution is 5.75. The number of carbonyl (C=O) groups excluding carboxylic acids is 1. The van der Waals surface area contributed by atoms with E-state index in [1.54, 1.807) is 17.9 Å². The average molecular weight is 574 g/mol. The second-order valence-corrected chi connectivity index (χ2v) is 10.9. The molecule has 2 aromatic carbocycles. The Morgan fingerprint density at radius 1 is 0.925 bits per heavy atom. The third-order valence-electron chi connectivity index (χ3n) is 8.31. The van der Waals surface area contributed by atoms with Crippen LogP contribution in [0.3, 0.4) is 0 Å². The molecule has 0 unspecified atom stereocenters. The molecule has 11 heteroatoms. The zero-order valence-corrected chi connectivity index (χ0v) is 22.7. The van der Waals surface area contributed by atoms with Crippen LogP contribution < -0.4 is 0 Å². The summed E-state index contributed by atoms with van der Waals surface area (Å²) in [7, 11) is 1.38. The predicted octanol–water partition coefficient (Wildman–Crippen LogP) is 7.98. The number of hydrogen-bond acceptors (Lipinski definition) is 2. The summed E-state index contributed by atoms with van der Waals surface area (Å²) in [5, 5.41) is 0. The maximum atomic E-state index is 13.9. The number of alkyl halides is 6. The quantitative estimate of drug-likeness (QED) is 0.347. The van der Waals surface area contributed by atoms with Crippen LogP contribution in [0, 0.1) is 12.7 Å². The molecule has 0 N–H and O–H groups in total. The normalized spacial score (nSPS) is 20.4. The van der Waals surface area contributed by atoms with Crippen molar-refractivity contribution < 1.29 is 35.5 Å². The Bertz CT molecular complexity index is 1170. The summed E-state index contributed by atoms with van der Waals surface area (Å²) in [5.74, 6) is -0.408. The fourth-order valence-electron chi connectivity index (χ4n) is 5.90. The largest absolute Gasteiger partial charge is 0.416 e. The molecular formula is C29H34F7N3O. The molecule has 2 amide bonds. The van der Waals surface area contributed by atoms with E-state index in [9.17, 15) is 35.5 Å². The number of carbonyl (C=O) groups is 1. The molecule has 1 aliphatic carbocycles. The summed E-state index contributed by atoms with van der Waals surface area (Å²) < 4.78 is 94.7. The van der Waals surface area contributed by atoms with E-state index in [0.717, 1.165) is 31.2 Å². The van der Waals surface area contributed by atoms with Crippen LogP contribution >= 0.6 is 0 Å². The van der Waals surface area contributed by atoms with Gasteiger partial charge in [-0.2, -0.15) is 26.3 Å². The Morgan fingerprint density at radius 2 is 1.52 bits per heavy atom. The first-order valence-electron chi connectivity index (χ1n) is 13.5. The second kappa shape index (κ2) is 11.6. The van der Waals surface area contributed by atoms with Gasteiger partial charge in [0.15, 0.2) is 0 Å². The Kier molecular flexibility index (Phi) is 8.73. The van der Waals surface area contributed by atoms with E-state index in [1.165, 1.54) is 37.4 Å². The molecule has 2 fully saturated rings. The predicted molar refractivity (Wildman–Crippen MR) is 137 cm³/mol. The number of piperazine rings is 1. The lowest BCUT2D eigenvalue weighted by Gasteiger charge is -2.47. The highest BCUT2D eigenvalue weighted by Crippen LogP contribution is 2.39. The third kappa shape index (κ3) is 6.56. The lowest BCUT2D eigenvalue weighted by Crippen LogP contribution is -2.56. The first kappa shape index (κ1) is 30.1. The van der Waals surface area contributed by atoms with Crippen molar-refractivity contribution in [3.63, 3.8) is 0 Å². The average Bonchev–Trinajstić information content (AvgIpc) is 2.91. The minimum Gasteiger partial charge on any atom is -0.321 e. The molecule has 40 heavy (non-hydrogen) atoms. The fourth-order valence-corrected chi connectivity index (χ4v) is 5.90. The summed E-state index contributed by atoms with van der Waals surface area (Å²) >= 11 is 0. The van der Waals surface area contributed by atoms with Gasteiger partial charge in [-0.25, -0.2) is 9.18 Å². The van der Waals surface area contributed by atoms with Gasteiger partial charge in [0.25, 0.3) is 0 Å². The minimum atomic E-state index is -4.99. The molecule has 1 saturated heterocycles. The van der Waals surface area contributed by atoms with Crippen molar-refractivity contribution in [3.8, 4) is 0 Å². The Labute approximate surface area is 229 Å². The molecule has 1 aliphatic heterocycles. The topological polar surface area (TPSA) is 26.8 Å². The lowest BCUT2D eigenvalue weighted by molar-refractivity contribution is -0.143. The van der Waals surface area contributed by atoms with Crippen molar-refractivity contribution in [2.75, 3.05) is 26.7 Å². The number of rotatable bonds is 4. The van der Waals surface area contributed by atoms with E-state index < -0.39 is 47.4 Å². The van der Waals surface area contributed by atoms with E-state index in [-0.39, 0.29) is 11.6 Å². The van der Waals surface area contributed by atoms with Crippen LogP contribution in [-0.2, 0) is 12.4 Å². The van der Waals surface area contributed by atoms with Crippen LogP contribution in [-0.4, -0.2) is 53.5 Å². The molecule has 0 aromatic heterocycles. The molecule has 4 nitrogen and oxygen atoms in total. The van der Waals surface area contributed by atoms with Crippen molar-refractivity contribution in [1.82, 2.24) is 14.7 Å². The van der Waals surface area contributed by atoms with Crippen LogP contribution in [0.2, 0.25) is 0 Å². The van der Waals surface area contributed by atoms with Gasteiger partial charge in [-0.3, -0.25) is 4.90 Å². The molecule has 220 valence electrons. The standard InChI is InChI=1S/C29H34F7N3O/c1-18-13-23(30)9-10-25(18)26-17-38(24-7-5-4-6-8-24)11-12-39(26)27(40)37(3)19(2)20-14-21(28(31,32)33)16-22(15-20)29(34,35)36/h9-10,13-16,19,24,26H,4-8,11-12,17H2,1-3H3/t19-,26-/m1/s1. The minimum absolute atomic E-state index is 0.0792. The van der Waals surface area contributed by atoms with E-state index in [2.05, 4.69) is 4.90 Å². The van der Waals surface area contributed by atoms with E-state index >= 15 is 0 Å². The van der Waals surface area contributed by atoms with Crippen LogP contribution in [0.15, 0.2) is 36.4 Å². The molecule has 2 atom stereocenters. The highest BCUT2D eigenvalue weighted by Gasteiger charge is 2.40. The van der Waals surface area contributed by atoms with Crippen LogP contribution in [0.25, 0.3) is 0 Å². The zero-order chi connectivity index (χ0) is 29.4. The van der Waals surface area contributed by atoms with Crippen LogP contribution in [0.1, 0.15) is 78.9 Å². The molecule has 1 saturated carbocycles. The van der Waals surface area contributed by atoms with Gasteiger partial charge in [0.05, 0.1) is 23.2 Å². The SMILES string of the molecule is Cc1cc(F)ccc1[C@H]1CN(C2CCCCC2)CCN1C(=O)N(C)[C@H](C)c1cc(C(F)(F)F)cc(C(F)(F)F)c1. The number of amides is 2. The molecule has 1 heterocycles. The first-order chi connectivity index (χ1) is 18.7. The first-order valence-corrected chi connectivity index (χ1v) is 13.5. The Hall–Kier alpha value is -2.82. The number of aryl methyl sites for hydroxylation is 1. The zero-order valence-electron chi connectivity index (χ0n) is 22.7. The Balaban J connectivity index is 1.65. The monoisotopic (exact) mass is 573 g/mol. The van der Waals surface area contributed by atoms with Crippen molar-refractivity contribution >= 4 is 6.03 Å². The summed E-state index contributed by atoms with van der Waals surface area (Å²) in [6.45, 7) is 4.59. The molecule has 0 radical (unpaired) electrons. The number of urea groups is 1. The van der Waals surface area contributed by atoms with Crippen molar-refractivity contribution in [1.29, 1.82) is 0 Å². The number of benzene rings is 2.